The van der Waals surface area contributed by atoms with Crippen molar-refractivity contribution < 1.29 is 14.3 Å². The highest BCUT2D eigenvalue weighted by Gasteiger charge is 2.30. The lowest BCUT2D eigenvalue weighted by Gasteiger charge is -2.37. The third kappa shape index (κ3) is 8.33. The van der Waals surface area contributed by atoms with Gasteiger partial charge in [-0.3, -0.25) is 4.79 Å². The Morgan fingerprint density at radius 1 is 0.939 bits per heavy atom. The van der Waals surface area contributed by atoms with E-state index in [-0.39, 0.29) is 5.97 Å². The van der Waals surface area contributed by atoms with Crippen LogP contribution in [0.15, 0.2) is 36.4 Å². The monoisotopic (exact) mass is 453 g/mol. The van der Waals surface area contributed by atoms with Crippen LogP contribution >= 0.6 is 0 Å². The van der Waals surface area contributed by atoms with Gasteiger partial charge in [-0.1, -0.05) is 39.0 Å². The number of hydrogen-bond donors (Lipinski definition) is 1. The SMILES string of the molecule is CC(C)(C)OC(=O)CCCNCc1ccc2cc(O[C@H]3CC[C@H](C(C)(C)C)CC3)ccc2c1. The van der Waals surface area contributed by atoms with E-state index in [0.29, 0.717) is 17.9 Å². The summed E-state index contributed by atoms with van der Waals surface area (Å²) < 4.78 is 11.7. The number of rotatable bonds is 8. The first-order chi connectivity index (χ1) is 15.5. The van der Waals surface area contributed by atoms with Crippen LogP contribution < -0.4 is 10.1 Å². The van der Waals surface area contributed by atoms with E-state index in [1.54, 1.807) is 0 Å². The molecule has 0 bridgehead atoms. The predicted octanol–water partition coefficient (Wildman–Crippen LogP) is 7.04. The quantitative estimate of drug-likeness (QED) is 0.344. The number of hydrogen-bond acceptors (Lipinski definition) is 4. The van der Waals surface area contributed by atoms with E-state index in [1.807, 2.05) is 20.8 Å². The molecule has 0 heterocycles. The number of esters is 1. The first-order valence-electron chi connectivity index (χ1n) is 12.6. The summed E-state index contributed by atoms with van der Waals surface area (Å²) in [5, 5.41) is 5.87. The van der Waals surface area contributed by atoms with Crippen molar-refractivity contribution in [3.8, 4) is 5.75 Å². The smallest absolute Gasteiger partial charge is 0.306 e. The molecule has 33 heavy (non-hydrogen) atoms. The van der Waals surface area contributed by atoms with E-state index in [4.69, 9.17) is 9.47 Å². The molecule has 0 unspecified atom stereocenters. The Kier molecular flexibility index (Phi) is 8.44. The molecule has 2 aromatic rings. The number of benzene rings is 2. The van der Waals surface area contributed by atoms with Gasteiger partial charge < -0.3 is 14.8 Å². The summed E-state index contributed by atoms with van der Waals surface area (Å²) in [6, 6.07) is 13.0. The van der Waals surface area contributed by atoms with Crippen molar-refractivity contribution in [1.29, 1.82) is 0 Å². The minimum Gasteiger partial charge on any atom is -0.490 e. The number of carbonyl (C=O) groups excluding carboxylic acids is 1. The largest absolute Gasteiger partial charge is 0.490 e. The topological polar surface area (TPSA) is 47.6 Å². The first kappa shape index (κ1) is 25.6. The molecule has 1 aliphatic carbocycles. The number of nitrogens with one attached hydrogen (secondary N) is 1. The predicted molar refractivity (Wildman–Crippen MR) is 137 cm³/mol. The molecule has 1 N–H and O–H groups in total. The maximum Gasteiger partial charge on any atom is 0.306 e. The summed E-state index contributed by atoms with van der Waals surface area (Å²) in [5.74, 6) is 1.66. The van der Waals surface area contributed by atoms with Crippen LogP contribution in [0, 0.1) is 11.3 Å². The zero-order valence-corrected chi connectivity index (χ0v) is 21.5. The van der Waals surface area contributed by atoms with Gasteiger partial charge in [-0.15, -0.1) is 0 Å². The van der Waals surface area contributed by atoms with Gasteiger partial charge in [0.05, 0.1) is 6.10 Å². The lowest BCUT2D eigenvalue weighted by molar-refractivity contribution is -0.154. The maximum absolute atomic E-state index is 11.8. The van der Waals surface area contributed by atoms with Crippen molar-refractivity contribution in [2.24, 2.45) is 11.3 Å². The van der Waals surface area contributed by atoms with Crippen LogP contribution in [-0.2, 0) is 16.1 Å². The molecule has 4 nitrogen and oxygen atoms in total. The van der Waals surface area contributed by atoms with Crippen LogP contribution in [0.5, 0.6) is 5.75 Å². The summed E-state index contributed by atoms with van der Waals surface area (Å²) in [6.07, 6.45) is 6.39. The van der Waals surface area contributed by atoms with Gasteiger partial charge >= 0.3 is 5.97 Å². The summed E-state index contributed by atoms with van der Waals surface area (Å²) in [7, 11) is 0. The molecular weight excluding hydrogens is 410 g/mol. The highest BCUT2D eigenvalue weighted by atomic mass is 16.6. The molecule has 0 amide bonds. The lowest BCUT2D eigenvalue weighted by Crippen LogP contribution is -2.30. The fourth-order valence-electron chi connectivity index (χ4n) is 4.68. The van der Waals surface area contributed by atoms with Gasteiger partial charge in [0.25, 0.3) is 0 Å². The van der Waals surface area contributed by atoms with Crippen molar-refractivity contribution in [1.82, 2.24) is 5.32 Å². The van der Waals surface area contributed by atoms with Gasteiger partial charge in [-0.2, -0.15) is 0 Å². The Hall–Kier alpha value is -2.07. The molecule has 1 aliphatic rings. The molecule has 0 saturated heterocycles. The molecule has 0 spiro atoms. The fraction of sp³-hybridized carbons (Fsp3) is 0.621. The fourth-order valence-corrected chi connectivity index (χ4v) is 4.68. The molecule has 2 aromatic carbocycles. The Bertz CT molecular complexity index is 915. The van der Waals surface area contributed by atoms with Gasteiger partial charge in [-0.25, -0.2) is 0 Å². The van der Waals surface area contributed by atoms with Crippen LogP contribution in [0.3, 0.4) is 0 Å². The average molecular weight is 454 g/mol. The summed E-state index contributed by atoms with van der Waals surface area (Å²) in [4.78, 5) is 11.8. The number of ether oxygens (including phenoxy) is 2. The second-order valence-electron chi connectivity index (χ2n) is 11.7. The number of fused-ring (bicyclic) bond motifs is 1. The van der Waals surface area contributed by atoms with Crippen LogP contribution in [0.2, 0.25) is 0 Å². The van der Waals surface area contributed by atoms with E-state index in [9.17, 15) is 4.79 Å². The molecule has 4 heteroatoms. The molecule has 0 aliphatic heterocycles. The summed E-state index contributed by atoms with van der Waals surface area (Å²) >= 11 is 0. The minimum atomic E-state index is -0.410. The van der Waals surface area contributed by atoms with Gasteiger partial charge in [0.2, 0.25) is 0 Å². The standard InChI is InChI=1S/C29H43NO3/c1-28(2,3)24-12-15-25(16-13-24)32-26-14-11-22-18-21(9-10-23(22)19-26)20-30-17-7-8-27(31)33-29(4,5)6/h9-11,14,18-19,24-25,30H,7-8,12-13,15-17,20H2,1-6H3/t24-,25-. The van der Waals surface area contributed by atoms with Crippen molar-refractivity contribution in [3.05, 3.63) is 42.0 Å². The van der Waals surface area contributed by atoms with Crippen molar-refractivity contribution >= 4 is 16.7 Å². The van der Waals surface area contributed by atoms with Crippen LogP contribution in [0.1, 0.15) is 85.6 Å². The number of carbonyl (C=O) groups is 1. The maximum atomic E-state index is 11.8. The Labute approximate surface area is 200 Å². The van der Waals surface area contributed by atoms with Crippen molar-refractivity contribution in [2.75, 3.05) is 6.54 Å². The zero-order chi connectivity index (χ0) is 24.1. The average Bonchev–Trinajstić information content (AvgIpc) is 2.72. The van der Waals surface area contributed by atoms with Crippen LogP contribution in [0.25, 0.3) is 10.8 Å². The lowest BCUT2D eigenvalue weighted by atomic mass is 9.72. The van der Waals surface area contributed by atoms with E-state index in [2.05, 4.69) is 62.5 Å². The molecular formula is C29H43NO3. The van der Waals surface area contributed by atoms with E-state index in [0.717, 1.165) is 44.0 Å². The zero-order valence-electron chi connectivity index (χ0n) is 21.5. The summed E-state index contributed by atoms with van der Waals surface area (Å²) in [5.41, 5.74) is 1.24. The normalized spacial score (nSPS) is 19.5. The second kappa shape index (κ2) is 10.9. The highest BCUT2D eigenvalue weighted by molar-refractivity contribution is 5.84. The Morgan fingerprint density at radius 3 is 2.27 bits per heavy atom. The summed E-state index contributed by atoms with van der Waals surface area (Å²) in [6.45, 7) is 14.4. The third-order valence-corrected chi connectivity index (χ3v) is 6.56. The molecule has 1 fully saturated rings. The van der Waals surface area contributed by atoms with E-state index >= 15 is 0 Å². The van der Waals surface area contributed by atoms with Crippen LogP contribution in [0.4, 0.5) is 0 Å². The van der Waals surface area contributed by atoms with E-state index in [1.165, 1.54) is 29.2 Å². The van der Waals surface area contributed by atoms with Gasteiger partial charge in [0, 0.05) is 13.0 Å². The molecule has 182 valence electrons. The minimum absolute atomic E-state index is 0.129. The van der Waals surface area contributed by atoms with Crippen molar-refractivity contribution in [3.63, 3.8) is 0 Å². The first-order valence-corrected chi connectivity index (χ1v) is 12.6. The van der Waals surface area contributed by atoms with Gasteiger partial charge in [0.1, 0.15) is 11.4 Å². The molecule has 0 atom stereocenters. The molecule has 1 saturated carbocycles. The van der Waals surface area contributed by atoms with Gasteiger partial charge in [-0.05, 0) is 105 Å². The Balaban J connectivity index is 1.44. The Morgan fingerprint density at radius 2 is 1.61 bits per heavy atom. The molecule has 0 aromatic heterocycles. The third-order valence-electron chi connectivity index (χ3n) is 6.56. The highest BCUT2D eigenvalue weighted by Crippen LogP contribution is 2.39. The van der Waals surface area contributed by atoms with Crippen LogP contribution in [-0.4, -0.2) is 24.2 Å². The second-order valence-corrected chi connectivity index (χ2v) is 11.7. The van der Waals surface area contributed by atoms with E-state index < -0.39 is 5.60 Å². The molecule has 3 rings (SSSR count). The van der Waals surface area contributed by atoms with Gasteiger partial charge in [0.15, 0.2) is 0 Å². The molecule has 0 radical (unpaired) electrons. The van der Waals surface area contributed by atoms with Crippen molar-refractivity contribution in [2.45, 2.75) is 98.3 Å².